The van der Waals surface area contributed by atoms with Gasteiger partial charge in [0.05, 0.1) is 19.1 Å². The number of fused-ring (bicyclic) bond motifs is 1. The van der Waals surface area contributed by atoms with Crippen LogP contribution < -0.4 is 5.73 Å². The summed E-state index contributed by atoms with van der Waals surface area (Å²) in [5.41, 5.74) is 6.36. The van der Waals surface area contributed by atoms with Crippen LogP contribution in [0.5, 0.6) is 0 Å². The molecule has 0 saturated heterocycles. The summed E-state index contributed by atoms with van der Waals surface area (Å²) in [7, 11) is 0. The number of ketones is 1. The Morgan fingerprint density at radius 2 is 2.21 bits per heavy atom. The van der Waals surface area contributed by atoms with Gasteiger partial charge in [-0.1, -0.05) is 30.7 Å². The number of hydrogen-bond acceptors (Lipinski definition) is 4. The monoisotopic (exact) mass is 281 g/mol. The molecule has 2 N–H and O–H groups in total. The molecule has 0 fully saturated rings. The Kier molecular flexibility index (Phi) is 3.65. The van der Waals surface area contributed by atoms with Gasteiger partial charge in [-0.15, -0.1) is 0 Å². The van der Waals surface area contributed by atoms with E-state index in [0.717, 1.165) is 0 Å². The predicted octanol–water partition coefficient (Wildman–Crippen LogP) is 2.07. The van der Waals surface area contributed by atoms with E-state index in [2.05, 4.69) is 0 Å². The van der Waals surface area contributed by atoms with Crippen LogP contribution in [0.3, 0.4) is 0 Å². The summed E-state index contributed by atoms with van der Waals surface area (Å²) in [5.74, 6) is -0.551. The molecule has 102 valence electrons. The number of Topliss-reactive ketones (excluding diaryl/α,β-unsaturated/α-hetero) is 1. The van der Waals surface area contributed by atoms with Crippen molar-refractivity contribution in [2.75, 3.05) is 6.61 Å². The van der Waals surface area contributed by atoms with Crippen LogP contribution in [0.1, 0.15) is 36.2 Å². The van der Waals surface area contributed by atoms with Crippen LogP contribution in [0, 0.1) is 0 Å². The molecule has 0 radical (unpaired) electrons. The van der Waals surface area contributed by atoms with E-state index in [1.165, 1.54) is 0 Å². The van der Waals surface area contributed by atoms with E-state index >= 15 is 0 Å². The van der Waals surface area contributed by atoms with E-state index in [1.54, 1.807) is 32.0 Å². The van der Waals surface area contributed by atoms with E-state index in [1.807, 2.05) is 0 Å². The van der Waals surface area contributed by atoms with Crippen molar-refractivity contribution >= 4 is 23.4 Å². The van der Waals surface area contributed by atoms with Gasteiger partial charge in [0.15, 0.2) is 5.78 Å². The van der Waals surface area contributed by atoms with Crippen LogP contribution in [0.25, 0.3) is 0 Å². The van der Waals surface area contributed by atoms with Crippen molar-refractivity contribution in [2.24, 2.45) is 5.73 Å². The van der Waals surface area contributed by atoms with Crippen molar-refractivity contribution in [1.29, 1.82) is 0 Å². The zero-order chi connectivity index (χ0) is 14.2. The molecule has 0 aromatic heterocycles. The maximum atomic E-state index is 12.2. The molecule has 0 bridgehead atoms. The van der Waals surface area contributed by atoms with Crippen LogP contribution in [0.2, 0.25) is 5.02 Å². The Morgan fingerprint density at radius 1 is 1.53 bits per heavy atom. The second kappa shape index (κ2) is 4.94. The molecule has 0 aliphatic heterocycles. The third-order valence-electron chi connectivity index (χ3n) is 3.64. The third kappa shape index (κ3) is 2.15. The first-order valence-electron chi connectivity index (χ1n) is 6.16. The molecule has 5 heteroatoms. The second-order valence-corrected chi connectivity index (χ2v) is 5.31. The highest BCUT2D eigenvalue weighted by molar-refractivity contribution is 6.32. The smallest absolute Gasteiger partial charge is 0.306 e. The van der Waals surface area contributed by atoms with Gasteiger partial charge in [0.1, 0.15) is 0 Å². The van der Waals surface area contributed by atoms with Crippen LogP contribution >= 0.6 is 11.6 Å². The maximum Gasteiger partial charge on any atom is 0.306 e. The van der Waals surface area contributed by atoms with E-state index < -0.39 is 11.5 Å². The van der Waals surface area contributed by atoms with Gasteiger partial charge in [0, 0.05) is 16.0 Å². The number of benzene rings is 1. The first-order chi connectivity index (χ1) is 8.91. The average Bonchev–Trinajstić information content (AvgIpc) is 2.53. The molecule has 1 aliphatic carbocycles. The lowest BCUT2D eigenvalue weighted by Crippen LogP contribution is -2.44. The highest BCUT2D eigenvalue weighted by Crippen LogP contribution is 2.44. The topological polar surface area (TPSA) is 69.4 Å². The fourth-order valence-corrected chi connectivity index (χ4v) is 3.02. The van der Waals surface area contributed by atoms with Crippen LogP contribution in [-0.2, 0) is 14.9 Å². The minimum atomic E-state index is -0.809. The number of halogens is 1. The lowest BCUT2D eigenvalue weighted by molar-refractivity contribution is -0.144. The first kappa shape index (κ1) is 14.0. The number of rotatable bonds is 3. The summed E-state index contributed by atoms with van der Waals surface area (Å²) in [6.45, 7) is 3.82. The minimum Gasteiger partial charge on any atom is -0.466 e. The fourth-order valence-electron chi connectivity index (χ4n) is 2.63. The molecule has 19 heavy (non-hydrogen) atoms. The summed E-state index contributed by atoms with van der Waals surface area (Å²) in [6, 6.07) is 4.34. The summed E-state index contributed by atoms with van der Waals surface area (Å²) >= 11 is 6.19. The van der Waals surface area contributed by atoms with Gasteiger partial charge in [0.25, 0.3) is 0 Å². The second-order valence-electron chi connectivity index (χ2n) is 4.90. The molecule has 0 amide bonds. The molecule has 0 saturated carbocycles. The van der Waals surface area contributed by atoms with Gasteiger partial charge in [-0.3, -0.25) is 9.59 Å². The highest BCUT2D eigenvalue weighted by Gasteiger charge is 2.49. The van der Waals surface area contributed by atoms with Crippen molar-refractivity contribution < 1.29 is 14.3 Å². The summed E-state index contributed by atoms with van der Waals surface area (Å²) in [6.07, 6.45) is 0.0461. The molecule has 0 heterocycles. The van der Waals surface area contributed by atoms with Gasteiger partial charge in [-0.2, -0.15) is 0 Å². The molecule has 1 aliphatic rings. The number of nitrogens with two attached hydrogens (primary N) is 1. The van der Waals surface area contributed by atoms with Gasteiger partial charge in [-0.25, -0.2) is 0 Å². The standard InChI is InChI=1S/C14H16ClNO3/c1-3-19-10(17)7-14(2)11-8(12(18)13(14)16)5-4-6-9(11)15/h4-6,13H,3,7,16H2,1-2H3. The van der Waals surface area contributed by atoms with Gasteiger partial charge < -0.3 is 10.5 Å². The zero-order valence-corrected chi connectivity index (χ0v) is 11.7. The van der Waals surface area contributed by atoms with Gasteiger partial charge >= 0.3 is 5.97 Å². The lowest BCUT2D eigenvalue weighted by Gasteiger charge is -2.28. The zero-order valence-electron chi connectivity index (χ0n) is 10.9. The number of ether oxygens (including phenoxy) is 1. The molecule has 4 nitrogen and oxygen atoms in total. The summed E-state index contributed by atoms with van der Waals surface area (Å²) < 4.78 is 4.96. The van der Waals surface area contributed by atoms with Crippen LogP contribution in [0.15, 0.2) is 18.2 Å². The van der Waals surface area contributed by atoms with Crippen molar-refractivity contribution in [2.45, 2.75) is 31.7 Å². The highest BCUT2D eigenvalue weighted by atomic mass is 35.5. The van der Waals surface area contributed by atoms with E-state index in [0.29, 0.717) is 22.8 Å². The normalized spacial score (nSPS) is 25.3. The molecular formula is C14H16ClNO3. The third-order valence-corrected chi connectivity index (χ3v) is 3.95. The van der Waals surface area contributed by atoms with Crippen molar-refractivity contribution in [3.8, 4) is 0 Å². The SMILES string of the molecule is CCOC(=O)CC1(C)c2c(Cl)cccc2C(=O)C1N. The summed E-state index contributed by atoms with van der Waals surface area (Å²) in [4.78, 5) is 23.9. The minimum absolute atomic E-state index is 0.0461. The van der Waals surface area contributed by atoms with Crippen molar-refractivity contribution in [3.05, 3.63) is 34.3 Å². The van der Waals surface area contributed by atoms with Crippen LogP contribution in [0.4, 0.5) is 0 Å². The first-order valence-corrected chi connectivity index (χ1v) is 6.54. The maximum absolute atomic E-state index is 12.2. The Hall–Kier alpha value is -1.39. The molecule has 2 unspecified atom stereocenters. The molecular weight excluding hydrogens is 266 g/mol. The number of carbonyl (C=O) groups is 2. The number of esters is 1. The Morgan fingerprint density at radius 3 is 2.84 bits per heavy atom. The Bertz CT molecular complexity index is 543. The molecule has 2 rings (SSSR count). The van der Waals surface area contributed by atoms with Crippen molar-refractivity contribution in [1.82, 2.24) is 0 Å². The molecule has 1 aromatic carbocycles. The average molecular weight is 282 g/mol. The number of hydrogen-bond donors (Lipinski definition) is 1. The van der Waals surface area contributed by atoms with E-state index in [4.69, 9.17) is 22.1 Å². The van der Waals surface area contributed by atoms with E-state index in [-0.39, 0.29) is 18.2 Å². The van der Waals surface area contributed by atoms with E-state index in [9.17, 15) is 9.59 Å². The largest absolute Gasteiger partial charge is 0.466 e. The van der Waals surface area contributed by atoms with Gasteiger partial charge in [-0.05, 0) is 18.6 Å². The Balaban J connectivity index is 2.47. The quantitative estimate of drug-likeness (QED) is 0.861. The van der Waals surface area contributed by atoms with Gasteiger partial charge in [0.2, 0.25) is 0 Å². The van der Waals surface area contributed by atoms with Crippen molar-refractivity contribution in [3.63, 3.8) is 0 Å². The molecule has 1 aromatic rings. The lowest BCUT2D eigenvalue weighted by atomic mass is 9.78. The Labute approximate surface area is 116 Å². The molecule has 2 atom stereocenters. The van der Waals surface area contributed by atoms with Crippen LogP contribution in [-0.4, -0.2) is 24.4 Å². The number of carbonyl (C=O) groups excluding carboxylic acids is 2. The molecule has 0 spiro atoms. The summed E-state index contributed by atoms with van der Waals surface area (Å²) in [5, 5.41) is 0.464. The predicted molar refractivity (Wildman–Crippen MR) is 72.4 cm³/mol. The fraction of sp³-hybridized carbons (Fsp3) is 0.429.